The van der Waals surface area contributed by atoms with Gasteiger partial charge in [-0.05, 0) is 17.5 Å². The van der Waals surface area contributed by atoms with Crippen molar-refractivity contribution in [3.8, 4) is 0 Å². The average Bonchev–Trinajstić information content (AvgIpc) is 2.46. The van der Waals surface area contributed by atoms with Gasteiger partial charge in [-0.25, -0.2) is 4.98 Å². The van der Waals surface area contributed by atoms with Crippen LogP contribution in [0.5, 0.6) is 0 Å². The van der Waals surface area contributed by atoms with E-state index in [-0.39, 0.29) is 5.91 Å². The van der Waals surface area contributed by atoms with Crippen LogP contribution < -0.4 is 4.90 Å². The molecule has 0 atom stereocenters. The van der Waals surface area contributed by atoms with Crippen molar-refractivity contribution in [3.05, 3.63) is 23.9 Å². The molecule has 0 spiro atoms. The molecule has 1 amide bonds. The second kappa shape index (κ2) is 6.02. The molecule has 0 bridgehead atoms. The van der Waals surface area contributed by atoms with E-state index in [1.165, 1.54) is 5.56 Å². The first-order valence-electron chi connectivity index (χ1n) is 6.71. The minimum Gasteiger partial charge on any atom is -0.387 e. The van der Waals surface area contributed by atoms with Crippen LogP contribution in [0.3, 0.4) is 0 Å². The smallest absolute Gasteiger partial charge is 0.248 e. The van der Waals surface area contributed by atoms with Crippen LogP contribution in [0.25, 0.3) is 0 Å². The van der Waals surface area contributed by atoms with Gasteiger partial charge in [-0.15, -0.1) is 0 Å². The quantitative estimate of drug-likeness (QED) is 0.878. The van der Waals surface area contributed by atoms with E-state index in [1.807, 2.05) is 12.3 Å². The summed E-state index contributed by atoms with van der Waals surface area (Å²) < 4.78 is 0. The lowest BCUT2D eigenvalue weighted by Crippen LogP contribution is -2.49. The summed E-state index contributed by atoms with van der Waals surface area (Å²) >= 11 is 0. The number of nitrogens with zero attached hydrogens (tertiary/aromatic N) is 3. The maximum absolute atomic E-state index is 11.4. The summed E-state index contributed by atoms with van der Waals surface area (Å²) in [5.74, 6) is 1.25. The molecule has 19 heavy (non-hydrogen) atoms. The van der Waals surface area contributed by atoms with E-state index in [4.69, 9.17) is 5.11 Å². The Hall–Kier alpha value is -1.62. The van der Waals surface area contributed by atoms with E-state index in [1.54, 1.807) is 4.90 Å². The molecule has 1 aromatic rings. The van der Waals surface area contributed by atoms with Crippen molar-refractivity contribution in [2.75, 3.05) is 37.7 Å². The van der Waals surface area contributed by atoms with Crippen LogP contribution in [0.1, 0.15) is 25.3 Å². The fourth-order valence-corrected chi connectivity index (χ4v) is 2.21. The highest BCUT2D eigenvalue weighted by molar-refractivity contribution is 5.77. The van der Waals surface area contributed by atoms with Crippen molar-refractivity contribution in [2.24, 2.45) is 0 Å². The van der Waals surface area contributed by atoms with Gasteiger partial charge in [0.05, 0.1) is 0 Å². The number of amides is 1. The number of hydrogen-bond acceptors (Lipinski definition) is 4. The molecule has 5 heteroatoms. The zero-order chi connectivity index (χ0) is 13.8. The molecule has 5 nitrogen and oxygen atoms in total. The first-order valence-corrected chi connectivity index (χ1v) is 6.71. The Morgan fingerprint density at radius 1 is 1.32 bits per heavy atom. The lowest BCUT2D eigenvalue weighted by molar-refractivity contribution is -0.134. The van der Waals surface area contributed by atoms with Crippen LogP contribution in [-0.4, -0.2) is 53.7 Å². The molecule has 104 valence electrons. The van der Waals surface area contributed by atoms with E-state index in [0.717, 1.165) is 18.9 Å². The molecule has 1 saturated heterocycles. The van der Waals surface area contributed by atoms with Crippen LogP contribution in [0.4, 0.5) is 5.82 Å². The normalized spacial score (nSPS) is 16.0. The second-order valence-corrected chi connectivity index (χ2v) is 5.13. The summed E-state index contributed by atoms with van der Waals surface area (Å²) in [6.07, 6.45) is 1.92. The lowest BCUT2D eigenvalue weighted by Gasteiger charge is -2.35. The van der Waals surface area contributed by atoms with Crippen LogP contribution in [-0.2, 0) is 4.79 Å². The van der Waals surface area contributed by atoms with Crippen LogP contribution in [0, 0.1) is 0 Å². The van der Waals surface area contributed by atoms with E-state index < -0.39 is 6.61 Å². The van der Waals surface area contributed by atoms with E-state index in [2.05, 4.69) is 29.8 Å². The van der Waals surface area contributed by atoms with Crippen molar-refractivity contribution in [1.82, 2.24) is 9.88 Å². The standard InChI is InChI=1S/C14H21N3O2/c1-11(2)12-3-4-13(15-9-12)16-5-7-17(8-6-16)14(19)10-18/h3-4,9,11,18H,5-8,10H2,1-2H3. The predicted molar refractivity (Wildman–Crippen MR) is 74.2 cm³/mol. The van der Waals surface area contributed by atoms with Crippen LogP contribution >= 0.6 is 0 Å². The number of aliphatic hydroxyl groups is 1. The molecule has 0 radical (unpaired) electrons. The zero-order valence-electron chi connectivity index (χ0n) is 11.5. The number of carbonyl (C=O) groups excluding carboxylic acids is 1. The maximum atomic E-state index is 11.4. The number of aromatic nitrogens is 1. The fraction of sp³-hybridized carbons (Fsp3) is 0.571. The van der Waals surface area contributed by atoms with Gasteiger partial charge in [0.25, 0.3) is 0 Å². The number of pyridine rings is 1. The summed E-state index contributed by atoms with van der Waals surface area (Å²) in [6, 6.07) is 4.15. The number of aliphatic hydroxyl groups excluding tert-OH is 1. The van der Waals surface area contributed by atoms with Gasteiger partial charge >= 0.3 is 0 Å². The van der Waals surface area contributed by atoms with Gasteiger partial charge in [-0.3, -0.25) is 4.79 Å². The Labute approximate surface area is 113 Å². The molecule has 1 aliphatic heterocycles. The summed E-state index contributed by atoms with van der Waals surface area (Å²) in [6.45, 7) is 6.72. The van der Waals surface area contributed by atoms with Crippen molar-refractivity contribution < 1.29 is 9.90 Å². The molecule has 1 N–H and O–H groups in total. The molecule has 2 rings (SSSR count). The Balaban J connectivity index is 1.96. The largest absolute Gasteiger partial charge is 0.387 e. The molecule has 1 aromatic heterocycles. The highest BCUT2D eigenvalue weighted by atomic mass is 16.3. The third-order valence-corrected chi connectivity index (χ3v) is 3.53. The van der Waals surface area contributed by atoms with Crippen LogP contribution in [0.15, 0.2) is 18.3 Å². The van der Waals surface area contributed by atoms with E-state index in [9.17, 15) is 4.79 Å². The highest BCUT2D eigenvalue weighted by Crippen LogP contribution is 2.18. The van der Waals surface area contributed by atoms with Crippen molar-refractivity contribution in [2.45, 2.75) is 19.8 Å². The summed E-state index contributed by atoms with van der Waals surface area (Å²) in [5, 5.41) is 8.84. The molecule has 0 aromatic carbocycles. The minimum atomic E-state index is -0.401. The number of carbonyl (C=O) groups is 1. The molecule has 2 heterocycles. The van der Waals surface area contributed by atoms with Crippen molar-refractivity contribution in [3.63, 3.8) is 0 Å². The Kier molecular flexibility index (Phi) is 4.37. The summed E-state index contributed by atoms with van der Waals surface area (Å²) in [7, 11) is 0. The van der Waals surface area contributed by atoms with Gasteiger partial charge in [-0.1, -0.05) is 19.9 Å². The van der Waals surface area contributed by atoms with Crippen LogP contribution in [0.2, 0.25) is 0 Å². The minimum absolute atomic E-state index is 0.192. The molecule has 1 fully saturated rings. The molecule has 0 unspecified atom stereocenters. The number of rotatable bonds is 3. The van der Waals surface area contributed by atoms with Gasteiger partial charge < -0.3 is 14.9 Å². The first kappa shape index (κ1) is 13.8. The Morgan fingerprint density at radius 3 is 2.47 bits per heavy atom. The molecule has 1 aliphatic rings. The maximum Gasteiger partial charge on any atom is 0.248 e. The van der Waals surface area contributed by atoms with Gasteiger partial charge in [-0.2, -0.15) is 0 Å². The second-order valence-electron chi connectivity index (χ2n) is 5.13. The molecule has 0 aliphatic carbocycles. The van der Waals surface area contributed by atoms with Crippen molar-refractivity contribution >= 4 is 11.7 Å². The van der Waals surface area contributed by atoms with Gasteiger partial charge in [0, 0.05) is 32.4 Å². The molecule has 0 saturated carbocycles. The third-order valence-electron chi connectivity index (χ3n) is 3.53. The monoisotopic (exact) mass is 263 g/mol. The number of anilines is 1. The molecular weight excluding hydrogens is 242 g/mol. The third kappa shape index (κ3) is 3.23. The average molecular weight is 263 g/mol. The van der Waals surface area contributed by atoms with Gasteiger partial charge in [0.15, 0.2) is 0 Å². The number of piperazine rings is 1. The van der Waals surface area contributed by atoms with E-state index >= 15 is 0 Å². The molecular formula is C14H21N3O2. The predicted octanol–water partition coefficient (Wildman–Crippen LogP) is 0.846. The highest BCUT2D eigenvalue weighted by Gasteiger charge is 2.21. The Bertz CT molecular complexity index is 423. The topological polar surface area (TPSA) is 56.7 Å². The van der Waals surface area contributed by atoms with Crippen molar-refractivity contribution in [1.29, 1.82) is 0 Å². The first-order chi connectivity index (χ1) is 9.11. The SMILES string of the molecule is CC(C)c1ccc(N2CCN(C(=O)CO)CC2)nc1. The Morgan fingerprint density at radius 2 is 2.00 bits per heavy atom. The number of hydrogen-bond donors (Lipinski definition) is 1. The van der Waals surface area contributed by atoms with E-state index in [0.29, 0.717) is 19.0 Å². The van der Waals surface area contributed by atoms with Gasteiger partial charge in [0.1, 0.15) is 12.4 Å². The zero-order valence-corrected chi connectivity index (χ0v) is 11.5. The fourth-order valence-electron chi connectivity index (χ4n) is 2.21. The van der Waals surface area contributed by atoms with Gasteiger partial charge in [0.2, 0.25) is 5.91 Å². The lowest BCUT2D eigenvalue weighted by atomic mass is 10.1. The summed E-state index contributed by atoms with van der Waals surface area (Å²) in [4.78, 5) is 19.7. The summed E-state index contributed by atoms with van der Waals surface area (Å²) in [5.41, 5.74) is 1.23.